The highest BCUT2D eigenvalue weighted by atomic mass is 16.5. The number of carbonyl (C=O) groups is 2. The molecule has 0 saturated carbocycles. The molecule has 0 heterocycles. The van der Waals surface area contributed by atoms with Crippen LogP contribution in [0.15, 0.2) is 48.5 Å². The predicted octanol–water partition coefficient (Wildman–Crippen LogP) is 3.26. The lowest BCUT2D eigenvalue weighted by Gasteiger charge is -2.11. The zero-order valence-electron chi connectivity index (χ0n) is 14.7. The van der Waals surface area contributed by atoms with Crippen molar-refractivity contribution in [3.8, 4) is 11.5 Å². The van der Waals surface area contributed by atoms with Crippen molar-refractivity contribution in [2.45, 2.75) is 26.3 Å². The quantitative estimate of drug-likeness (QED) is 0.638. The van der Waals surface area contributed by atoms with Crippen LogP contribution in [0.2, 0.25) is 0 Å². The first-order valence-corrected chi connectivity index (χ1v) is 8.53. The SMILES string of the molecule is CCOc1ccccc1C(=O)NCc1ccc(OCCCC(=O)O)cc1. The average molecular weight is 357 g/mol. The van der Waals surface area contributed by atoms with E-state index in [1.165, 1.54) is 0 Å². The fraction of sp³-hybridized carbons (Fsp3) is 0.300. The van der Waals surface area contributed by atoms with Gasteiger partial charge in [-0.25, -0.2) is 0 Å². The first-order valence-electron chi connectivity index (χ1n) is 8.53. The van der Waals surface area contributed by atoms with Gasteiger partial charge >= 0.3 is 5.97 Å². The van der Waals surface area contributed by atoms with Crippen molar-refractivity contribution in [1.82, 2.24) is 5.32 Å². The van der Waals surface area contributed by atoms with E-state index < -0.39 is 5.97 Å². The van der Waals surface area contributed by atoms with Gasteiger partial charge in [-0.3, -0.25) is 9.59 Å². The van der Waals surface area contributed by atoms with Crippen molar-refractivity contribution in [2.75, 3.05) is 13.2 Å². The van der Waals surface area contributed by atoms with Crippen molar-refractivity contribution in [2.24, 2.45) is 0 Å². The van der Waals surface area contributed by atoms with Crippen LogP contribution in [0, 0.1) is 0 Å². The third kappa shape index (κ3) is 6.12. The van der Waals surface area contributed by atoms with E-state index in [2.05, 4.69) is 5.32 Å². The maximum absolute atomic E-state index is 12.3. The molecule has 6 heteroatoms. The number of para-hydroxylation sites is 1. The molecular weight excluding hydrogens is 334 g/mol. The predicted molar refractivity (Wildman–Crippen MR) is 97.6 cm³/mol. The summed E-state index contributed by atoms with van der Waals surface area (Å²) in [6, 6.07) is 14.5. The Hall–Kier alpha value is -3.02. The van der Waals surface area contributed by atoms with Crippen LogP contribution in [-0.4, -0.2) is 30.2 Å². The molecule has 138 valence electrons. The van der Waals surface area contributed by atoms with Gasteiger partial charge in [-0.05, 0) is 43.2 Å². The number of carboxylic acid groups (broad SMARTS) is 1. The summed E-state index contributed by atoms with van der Waals surface area (Å²) in [6.07, 6.45) is 0.555. The molecule has 2 rings (SSSR count). The lowest BCUT2D eigenvalue weighted by Crippen LogP contribution is -2.23. The van der Waals surface area contributed by atoms with Gasteiger partial charge in [0.2, 0.25) is 0 Å². The van der Waals surface area contributed by atoms with Gasteiger partial charge in [-0.1, -0.05) is 24.3 Å². The summed E-state index contributed by atoms with van der Waals surface area (Å²) in [5, 5.41) is 11.5. The van der Waals surface area contributed by atoms with Gasteiger partial charge in [-0.2, -0.15) is 0 Å². The monoisotopic (exact) mass is 357 g/mol. The molecule has 0 aliphatic heterocycles. The summed E-state index contributed by atoms with van der Waals surface area (Å²) >= 11 is 0. The molecule has 0 aliphatic carbocycles. The highest BCUT2D eigenvalue weighted by Crippen LogP contribution is 2.18. The standard InChI is InChI=1S/C20H23NO5/c1-2-25-18-7-4-3-6-17(18)20(24)21-14-15-9-11-16(12-10-15)26-13-5-8-19(22)23/h3-4,6-7,9-12H,2,5,8,13-14H2,1H3,(H,21,24)(H,22,23). The van der Waals surface area contributed by atoms with Crippen molar-refractivity contribution in [3.05, 3.63) is 59.7 Å². The number of ether oxygens (including phenoxy) is 2. The molecule has 0 atom stereocenters. The summed E-state index contributed by atoms with van der Waals surface area (Å²) in [7, 11) is 0. The summed E-state index contributed by atoms with van der Waals surface area (Å²) < 4.78 is 11.0. The number of aliphatic carboxylic acids is 1. The topological polar surface area (TPSA) is 84.9 Å². The van der Waals surface area contributed by atoms with Gasteiger partial charge < -0.3 is 19.9 Å². The molecule has 0 spiro atoms. The minimum atomic E-state index is -0.828. The average Bonchev–Trinajstić information content (AvgIpc) is 2.65. The molecule has 2 aromatic carbocycles. The highest BCUT2D eigenvalue weighted by molar-refractivity contribution is 5.96. The second-order valence-corrected chi connectivity index (χ2v) is 5.60. The van der Waals surface area contributed by atoms with Crippen molar-refractivity contribution < 1.29 is 24.2 Å². The fourth-order valence-corrected chi connectivity index (χ4v) is 2.33. The van der Waals surface area contributed by atoms with Crippen LogP contribution in [0.1, 0.15) is 35.7 Å². The van der Waals surface area contributed by atoms with E-state index >= 15 is 0 Å². The lowest BCUT2D eigenvalue weighted by molar-refractivity contribution is -0.137. The van der Waals surface area contributed by atoms with Crippen molar-refractivity contribution in [3.63, 3.8) is 0 Å². The second kappa shape index (κ2) is 10.1. The first kappa shape index (κ1) is 19.3. The van der Waals surface area contributed by atoms with E-state index in [0.29, 0.717) is 43.2 Å². The van der Waals surface area contributed by atoms with E-state index in [4.69, 9.17) is 14.6 Å². The van der Waals surface area contributed by atoms with E-state index in [0.717, 1.165) is 5.56 Å². The van der Waals surface area contributed by atoms with Crippen LogP contribution < -0.4 is 14.8 Å². The van der Waals surface area contributed by atoms with Gasteiger partial charge in [0.05, 0.1) is 18.8 Å². The number of carboxylic acids is 1. The summed E-state index contributed by atoms with van der Waals surface area (Å²) in [6.45, 7) is 3.12. The Morgan fingerprint density at radius 2 is 1.77 bits per heavy atom. The summed E-state index contributed by atoms with van der Waals surface area (Å²) in [5.74, 6) is 0.221. The molecule has 1 amide bonds. The minimum absolute atomic E-state index is 0.0906. The number of rotatable bonds is 10. The fourth-order valence-electron chi connectivity index (χ4n) is 2.33. The Morgan fingerprint density at radius 3 is 2.46 bits per heavy atom. The van der Waals surface area contributed by atoms with Gasteiger partial charge in [0.1, 0.15) is 11.5 Å². The van der Waals surface area contributed by atoms with Gasteiger partial charge in [0, 0.05) is 13.0 Å². The van der Waals surface area contributed by atoms with Gasteiger partial charge in [-0.15, -0.1) is 0 Å². The molecule has 0 unspecified atom stereocenters. The van der Waals surface area contributed by atoms with Crippen LogP contribution in [0.5, 0.6) is 11.5 Å². The normalized spacial score (nSPS) is 10.2. The largest absolute Gasteiger partial charge is 0.494 e. The third-order valence-corrected chi connectivity index (χ3v) is 3.61. The molecule has 6 nitrogen and oxygen atoms in total. The molecule has 0 aromatic heterocycles. The molecule has 0 radical (unpaired) electrons. The molecule has 2 N–H and O–H groups in total. The molecule has 0 saturated heterocycles. The third-order valence-electron chi connectivity index (χ3n) is 3.61. The Bertz CT molecular complexity index is 727. The molecule has 2 aromatic rings. The number of carbonyl (C=O) groups excluding carboxylic acids is 1. The zero-order valence-corrected chi connectivity index (χ0v) is 14.7. The Labute approximate surface area is 152 Å². The minimum Gasteiger partial charge on any atom is -0.494 e. The number of benzene rings is 2. The zero-order chi connectivity index (χ0) is 18.8. The summed E-state index contributed by atoms with van der Waals surface area (Å²) in [5.41, 5.74) is 1.44. The number of amides is 1. The number of hydrogen-bond acceptors (Lipinski definition) is 4. The maximum Gasteiger partial charge on any atom is 0.303 e. The van der Waals surface area contributed by atoms with E-state index in [1.54, 1.807) is 30.3 Å². The van der Waals surface area contributed by atoms with Crippen LogP contribution in [0.4, 0.5) is 0 Å². The summed E-state index contributed by atoms with van der Waals surface area (Å²) in [4.78, 5) is 22.8. The molecule has 0 fully saturated rings. The number of nitrogens with one attached hydrogen (secondary N) is 1. The second-order valence-electron chi connectivity index (χ2n) is 5.60. The van der Waals surface area contributed by atoms with Crippen LogP contribution in [-0.2, 0) is 11.3 Å². The van der Waals surface area contributed by atoms with Gasteiger partial charge in [0.15, 0.2) is 0 Å². The highest BCUT2D eigenvalue weighted by Gasteiger charge is 2.11. The first-order chi connectivity index (χ1) is 12.6. The smallest absolute Gasteiger partial charge is 0.303 e. The van der Waals surface area contributed by atoms with E-state index in [-0.39, 0.29) is 12.3 Å². The molecular formula is C20H23NO5. The van der Waals surface area contributed by atoms with Crippen LogP contribution >= 0.6 is 0 Å². The van der Waals surface area contributed by atoms with Crippen LogP contribution in [0.3, 0.4) is 0 Å². The van der Waals surface area contributed by atoms with Crippen molar-refractivity contribution in [1.29, 1.82) is 0 Å². The Kier molecular flexibility index (Phi) is 7.49. The molecule has 0 bridgehead atoms. The van der Waals surface area contributed by atoms with Crippen molar-refractivity contribution >= 4 is 11.9 Å². The Balaban J connectivity index is 1.84. The number of hydrogen-bond donors (Lipinski definition) is 2. The maximum atomic E-state index is 12.3. The molecule has 26 heavy (non-hydrogen) atoms. The van der Waals surface area contributed by atoms with Gasteiger partial charge in [0.25, 0.3) is 5.91 Å². The lowest BCUT2D eigenvalue weighted by atomic mass is 10.1. The van der Waals surface area contributed by atoms with E-state index in [1.807, 2.05) is 25.1 Å². The van der Waals surface area contributed by atoms with E-state index in [9.17, 15) is 9.59 Å². The molecule has 0 aliphatic rings. The Morgan fingerprint density at radius 1 is 1.04 bits per heavy atom. The van der Waals surface area contributed by atoms with Crippen LogP contribution in [0.25, 0.3) is 0 Å².